The van der Waals surface area contributed by atoms with E-state index >= 15 is 0 Å². The average molecular weight is 249 g/mol. The van der Waals surface area contributed by atoms with Gasteiger partial charge >= 0.3 is 0 Å². The fourth-order valence-electron chi connectivity index (χ4n) is 1.39. The highest BCUT2D eigenvalue weighted by Gasteiger charge is 2.05. The second kappa shape index (κ2) is 4.99. The number of hydrogen-bond acceptors (Lipinski definition) is 2. The van der Waals surface area contributed by atoms with Crippen LogP contribution in [0.25, 0.3) is 0 Å². The number of carbonyl (C=O) groups is 1. The summed E-state index contributed by atoms with van der Waals surface area (Å²) < 4.78 is 5.59. The molecule has 3 N–H and O–H groups in total. The summed E-state index contributed by atoms with van der Waals surface area (Å²) in [7, 11) is 0. The molecule has 0 aliphatic heterocycles. The number of aldehydes is 1. The lowest BCUT2D eigenvalue weighted by Crippen LogP contribution is -2.39. The van der Waals surface area contributed by atoms with Crippen LogP contribution in [-0.4, -0.2) is 6.29 Å². The fourth-order valence-corrected chi connectivity index (χ4v) is 1.57. The molecule has 0 saturated heterocycles. The van der Waals surface area contributed by atoms with E-state index in [0.717, 1.165) is 12.0 Å². The minimum absolute atomic E-state index is 0.427. The number of hydrogen-bond donors (Lipinski definition) is 1. The third kappa shape index (κ3) is 2.84. The molecule has 2 aromatic rings. The van der Waals surface area contributed by atoms with E-state index in [1.54, 1.807) is 30.3 Å². The Balaban J connectivity index is 2.29. The van der Waals surface area contributed by atoms with Crippen molar-refractivity contribution in [1.82, 2.24) is 0 Å². The predicted molar refractivity (Wildman–Crippen MR) is 65.9 cm³/mol. The van der Waals surface area contributed by atoms with E-state index in [2.05, 4.69) is 5.73 Å². The summed E-state index contributed by atoms with van der Waals surface area (Å²) in [4.78, 5) is 10.9. The van der Waals surface area contributed by atoms with Crippen molar-refractivity contribution in [3.8, 4) is 11.5 Å². The number of rotatable bonds is 3. The van der Waals surface area contributed by atoms with Crippen LogP contribution in [0.4, 0.5) is 5.69 Å². The second-order valence-electron chi connectivity index (χ2n) is 3.55. The summed E-state index contributed by atoms with van der Waals surface area (Å²) >= 11 is 5.80. The second-order valence-corrected chi connectivity index (χ2v) is 3.98. The first-order valence-electron chi connectivity index (χ1n) is 5.03. The van der Waals surface area contributed by atoms with Crippen LogP contribution in [0.1, 0.15) is 10.4 Å². The van der Waals surface area contributed by atoms with E-state index in [4.69, 9.17) is 16.3 Å². The lowest BCUT2D eigenvalue weighted by molar-refractivity contribution is -0.254. The molecule has 0 aromatic heterocycles. The van der Waals surface area contributed by atoms with Gasteiger partial charge in [0, 0.05) is 17.2 Å². The van der Waals surface area contributed by atoms with E-state index in [1.165, 1.54) is 0 Å². The molecule has 2 aromatic carbocycles. The topological polar surface area (TPSA) is 53.9 Å². The summed E-state index contributed by atoms with van der Waals surface area (Å²) in [6.07, 6.45) is 0.719. The van der Waals surface area contributed by atoms with Crippen LogP contribution in [0, 0.1) is 0 Å². The van der Waals surface area contributed by atoms with Gasteiger partial charge in [-0.25, -0.2) is 0 Å². The van der Waals surface area contributed by atoms with E-state index in [1.807, 2.05) is 12.1 Å². The smallest absolute Gasteiger partial charge is 0.153 e. The third-order valence-electron chi connectivity index (χ3n) is 2.25. The van der Waals surface area contributed by atoms with E-state index < -0.39 is 0 Å². The average Bonchev–Trinajstić information content (AvgIpc) is 2.34. The summed E-state index contributed by atoms with van der Waals surface area (Å²) in [6.45, 7) is 0. The van der Waals surface area contributed by atoms with Crippen molar-refractivity contribution in [2.75, 3.05) is 0 Å². The van der Waals surface area contributed by atoms with Crippen LogP contribution in [0.15, 0.2) is 42.5 Å². The number of carbonyl (C=O) groups excluding carboxylic acids is 1. The molecule has 0 saturated carbocycles. The Hall–Kier alpha value is -1.84. The third-order valence-corrected chi connectivity index (χ3v) is 2.49. The van der Waals surface area contributed by atoms with Gasteiger partial charge in [-0.3, -0.25) is 4.79 Å². The van der Waals surface area contributed by atoms with Crippen LogP contribution < -0.4 is 10.5 Å². The summed E-state index contributed by atoms with van der Waals surface area (Å²) in [5.74, 6) is 1.14. The van der Waals surface area contributed by atoms with Gasteiger partial charge < -0.3 is 10.5 Å². The molecule has 0 bridgehead atoms. The van der Waals surface area contributed by atoms with Crippen LogP contribution in [0.5, 0.6) is 11.5 Å². The van der Waals surface area contributed by atoms with Crippen molar-refractivity contribution in [2.45, 2.75) is 0 Å². The molecular weight excluding hydrogens is 238 g/mol. The maximum Gasteiger partial charge on any atom is 0.153 e. The summed E-state index contributed by atoms with van der Waals surface area (Å²) in [5, 5.41) is 0.507. The molecule has 0 unspecified atom stereocenters. The zero-order chi connectivity index (χ0) is 12.3. The first-order valence-corrected chi connectivity index (χ1v) is 5.41. The van der Waals surface area contributed by atoms with Crippen molar-refractivity contribution in [3.05, 3.63) is 53.1 Å². The van der Waals surface area contributed by atoms with Gasteiger partial charge in [0.2, 0.25) is 0 Å². The Morgan fingerprint density at radius 2 is 1.82 bits per heavy atom. The van der Waals surface area contributed by atoms with Crippen molar-refractivity contribution in [1.29, 1.82) is 0 Å². The van der Waals surface area contributed by atoms with Crippen LogP contribution in [0.3, 0.4) is 0 Å². The van der Waals surface area contributed by atoms with Gasteiger partial charge in [-0.15, -0.1) is 0 Å². The predicted octanol–water partition coefficient (Wildman–Crippen LogP) is 2.82. The SMILES string of the molecule is [NH3+]c1ccc(Oc2ccc(Cl)cc2C=O)cc1. The minimum atomic E-state index is 0.427. The maximum atomic E-state index is 10.9. The highest BCUT2D eigenvalue weighted by Crippen LogP contribution is 2.27. The number of quaternary nitrogens is 1. The molecule has 0 fully saturated rings. The van der Waals surface area contributed by atoms with Crippen molar-refractivity contribution >= 4 is 23.6 Å². The van der Waals surface area contributed by atoms with Crippen LogP contribution in [0.2, 0.25) is 5.02 Å². The quantitative estimate of drug-likeness (QED) is 0.850. The molecule has 17 heavy (non-hydrogen) atoms. The lowest BCUT2D eigenvalue weighted by atomic mass is 10.2. The van der Waals surface area contributed by atoms with E-state index in [-0.39, 0.29) is 0 Å². The molecule has 0 spiro atoms. The van der Waals surface area contributed by atoms with Crippen molar-refractivity contribution in [3.63, 3.8) is 0 Å². The first kappa shape index (κ1) is 11.6. The van der Waals surface area contributed by atoms with Crippen LogP contribution >= 0.6 is 11.6 Å². The number of benzene rings is 2. The summed E-state index contributed by atoms with van der Waals surface area (Å²) in [5.41, 5.74) is 5.12. The molecule has 0 aliphatic carbocycles. The molecule has 86 valence electrons. The maximum absolute atomic E-state index is 10.9. The van der Waals surface area contributed by atoms with Gasteiger partial charge in [-0.1, -0.05) is 11.6 Å². The lowest BCUT2D eigenvalue weighted by Gasteiger charge is -2.07. The number of ether oxygens (including phenoxy) is 1. The zero-order valence-corrected chi connectivity index (χ0v) is 9.78. The van der Waals surface area contributed by atoms with E-state index in [0.29, 0.717) is 22.1 Å². The van der Waals surface area contributed by atoms with Crippen LogP contribution in [-0.2, 0) is 0 Å². The molecule has 0 atom stereocenters. The Labute approximate surface area is 104 Å². The summed E-state index contributed by atoms with van der Waals surface area (Å²) in [6, 6.07) is 12.2. The Kier molecular flexibility index (Phi) is 3.42. The van der Waals surface area contributed by atoms with Crippen molar-refractivity contribution < 1.29 is 15.3 Å². The minimum Gasteiger partial charge on any atom is -0.457 e. The fraction of sp³-hybridized carbons (Fsp3) is 0. The molecule has 2 rings (SSSR count). The molecule has 0 amide bonds. The highest BCUT2D eigenvalue weighted by atomic mass is 35.5. The largest absolute Gasteiger partial charge is 0.457 e. The zero-order valence-electron chi connectivity index (χ0n) is 9.02. The van der Waals surface area contributed by atoms with E-state index in [9.17, 15) is 4.79 Å². The van der Waals surface area contributed by atoms with Gasteiger partial charge in [0.25, 0.3) is 0 Å². The molecule has 0 aliphatic rings. The normalized spacial score (nSPS) is 10.0. The molecule has 3 nitrogen and oxygen atoms in total. The first-order chi connectivity index (χ1) is 8.19. The van der Waals surface area contributed by atoms with Gasteiger partial charge in [0.1, 0.15) is 17.2 Å². The molecule has 4 heteroatoms. The molecule has 0 heterocycles. The Morgan fingerprint density at radius 3 is 2.47 bits per heavy atom. The van der Waals surface area contributed by atoms with Gasteiger partial charge in [-0.2, -0.15) is 0 Å². The van der Waals surface area contributed by atoms with Gasteiger partial charge in [-0.05, 0) is 30.3 Å². The highest BCUT2D eigenvalue weighted by molar-refractivity contribution is 6.30. The molecule has 0 radical (unpaired) electrons. The Morgan fingerprint density at radius 1 is 1.12 bits per heavy atom. The molecular formula is C13H11ClNO2+. The monoisotopic (exact) mass is 248 g/mol. The van der Waals surface area contributed by atoms with Gasteiger partial charge in [0.15, 0.2) is 6.29 Å². The van der Waals surface area contributed by atoms with Crippen molar-refractivity contribution in [2.24, 2.45) is 0 Å². The standard InChI is InChI=1S/C13H10ClNO2/c14-10-1-6-13(9(7-10)8-16)17-12-4-2-11(15)3-5-12/h1-8H,15H2/p+1. The Bertz CT molecular complexity index is 538. The number of halogens is 1. The van der Waals surface area contributed by atoms with Gasteiger partial charge in [0.05, 0.1) is 5.56 Å².